The number of benzene rings is 1. The van der Waals surface area contributed by atoms with Crippen LogP contribution in [0.4, 0.5) is 0 Å². The van der Waals surface area contributed by atoms with E-state index in [4.69, 9.17) is 56.8 Å². The van der Waals surface area contributed by atoms with Gasteiger partial charge in [0.1, 0.15) is 13.2 Å². The predicted octanol–water partition coefficient (Wildman–Crippen LogP) is 1.64. The molecular weight excluding hydrogens is 528 g/mol. The molecule has 2 aliphatic heterocycles. The molecule has 0 unspecified atom stereocenters. The van der Waals surface area contributed by atoms with Gasteiger partial charge in [-0.1, -0.05) is 0 Å². The van der Waals surface area contributed by atoms with Crippen LogP contribution in [0.1, 0.15) is 11.1 Å². The molecule has 3 rings (SSSR count). The largest absolute Gasteiger partial charge is 0.487 e. The van der Waals surface area contributed by atoms with Crippen LogP contribution in [0, 0.1) is 0 Å². The van der Waals surface area contributed by atoms with E-state index in [1.54, 1.807) is 0 Å². The molecule has 2 aliphatic rings. The van der Waals surface area contributed by atoms with Crippen molar-refractivity contribution in [2.24, 2.45) is 0 Å². The SMILES string of the molecule is c1c2c(cc3c1OCCOCCOCCOCCOCCO3)COCCOCCOCCOCCOCCOC2. The maximum absolute atomic E-state index is 6.07. The molecule has 230 valence electrons. The lowest BCUT2D eigenvalue weighted by Gasteiger charge is -2.18. The third-order valence-electron chi connectivity index (χ3n) is 5.73. The average molecular weight is 575 g/mol. The molecule has 0 bridgehead atoms. The third-order valence-corrected chi connectivity index (χ3v) is 5.73. The van der Waals surface area contributed by atoms with Gasteiger partial charge in [-0.15, -0.1) is 0 Å². The Labute approximate surface area is 237 Å². The van der Waals surface area contributed by atoms with Gasteiger partial charge in [-0.3, -0.25) is 0 Å². The van der Waals surface area contributed by atoms with Gasteiger partial charge in [0.15, 0.2) is 11.5 Å². The predicted molar refractivity (Wildman–Crippen MR) is 143 cm³/mol. The minimum Gasteiger partial charge on any atom is -0.487 e. The molecule has 0 aliphatic carbocycles. The monoisotopic (exact) mass is 574 g/mol. The number of fused-ring (bicyclic) bond motifs is 2. The van der Waals surface area contributed by atoms with E-state index in [0.29, 0.717) is 157 Å². The molecular formula is C28H46O12. The van der Waals surface area contributed by atoms with Crippen LogP contribution in [0.5, 0.6) is 11.5 Å². The van der Waals surface area contributed by atoms with E-state index in [-0.39, 0.29) is 0 Å². The number of hydrogen-bond acceptors (Lipinski definition) is 12. The molecule has 0 saturated heterocycles. The van der Waals surface area contributed by atoms with Gasteiger partial charge in [0, 0.05) is 0 Å². The highest BCUT2D eigenvalue weighted by Crippen LogP contribution is 2.32. The highest BCUT2D eigenvalue weighted by molar-refractivity contribution is 5.47. The van der Waals surface area contributed by atoms with Gasteiger partial charge >= 0.3 is 0 Å². The topological polar surface area (TPSA) is 111 Å². The molecule has 40 heavy (non-hydrogen) atoms. The summed E-state index contributed by atoms with van der Waals surface area (Å²) in [4.78, 5) is 0. The second kappa shape index (κ2) is 23.0. The number of hydrogen-bond donors (Lipinski definition) is 0. The van der Waals surface area contributed by atoms with Crippen LogP contribution in [-0.2, 0) is 60.6 Å². The molecule has 0 aromatic heterocycles. The molecule has 1 aromatic carbocycles. The molecule has 1 aromatic rings. The summed E-state index contributed by atoms with van der Waals surface area (Å²) >= 11 is 0. The lowest BCUT2D eigenvalue weighted by Crippen LogP contribution is -2.16. The molecule has 0 N–H and O–H groups in total. The van der Waals surface area contributed by atoms with Crippen molar-refractivity contribution in [3.05, 3.63) is 23.3 Å². The maximum atomic E-state index is 6.07. The lowest BCUT2D eigenvalue weighted by atomic mass is 10.1. The first-order valence-electron chi connectivity index (χ1n) is 14.1. The Bertz CT molecular complexity index is 689. The molecule has 0 amide bonds. The van der Waals surface area contributed by atoms with E-state index < -0.39 is 0 Å². The summed E-state index contributed by atoms with van der Waals surface area (Å²) in [7, 11) is 0. The van der Waals surface area contributed by atoms with E-state index >= 15 is 0 Å². The highest BCUT2D eigenvalue weighted by atomic mass is 16.6. The minimum atomic E-state index is 0.364. The Hall–Kier alpha value is -1.58. The van der Waals surface area contributed by atoms with E-state index in [1.807, 2.05) is 12.1 Å². The van der Waals surface area contributed by atoms with Crippen LogP contribution < -0.4 is 9.47 Å². The van der Waals surface area contributed by atoms with Crippen molar-refractivity contribution < 1.29 is 56.8 Å². The summed E-state index contributed by atoms with van der Waals surface area (Å²) in [5.41, 5.74) is 1.89. The summed E-state index contributed by atoms with van der Waals surface area (Å²) in [6, 6.07) is 3.89. The number of rotatable bonds is 0. The van der Waals surface area contributed by atoms with Crippen LogP contribution in [0.2, 0.25) is 0 Å². The van der Waals surface area contributed by atoms with Crippen LogP contribution >= 0.6 is 0 Å². The average Bonchev–Trinajstić information content (AvgIpc) is 2.96. The summed E-state index contributed by atoms with van der Waals surface area (Å²) in [6.45, 7) is 10.3. The van der Waals surface area contributed by atoms with Crippen molar-refractivity contribution in [1.82, 2.24) is 0 Å². The molecule has 0 fully saturated rings. The van der Waals surface area contributed by atoms with Crippen LogP contribution in [0.3, 0.4) is 0 Å². The summed E-state index contributed by atoms with van der Waals surface area (Å²) in [5, 5.41) is 0. The van der Waals surface area contributed by atoms with Gasteiger partial charge in [-0.25, -0.2) is 0 Å². The molecule has 0 spiro atoms. The summed E-state index contributed by atoms with van der Waals surface area (Å²) in [5.74, 6) is 1.22. The van der Waals surface area contributed by atoms with Crippen molar-refractivity contribution in [1.29, 1.82) is 0 Å². The van der Waals surface area contributed by atoms with Gasteiger partial charge in [0.2, 0.25) is 0 Å². The number of ether oxygens (including phenoxy) is 12. The van der Waals surface area contributed by atoms with Crippen molar-refractivity contribution in [2.45, 2.75) is 13.2 Å². The standard InChI is InChI=1S/C28H46O12/c1-2-30-6-8-34-14-16-38-24-26-22-28-27(21-25(26)23-37-15-13-33-7-5-29-1)39-19-17-35-11-9-31-3-4-32-10-12-36-18-20-40-28/h21-22H,1-20,23-24H2. The van der Waals surface area contributed by atoms with Crippen molar-refractivity contribution in [3.63, 3.8) is 0 Å². The first-order chi connectivity index (χ1) is 19.9. The molecule has 2 heterocycles. The highest BCUT2D eigenvalue weighted by Gasteiger charge is 2.14. The second-order valence-corrected chi connectivity index (χ2v) is 8.77. The smallest absolute Gasteiger partial charge is 0.161 e. The zero-order valence-electron chi connectivity index (χ0n) is 23.6. The third kappa shape index (κ3) is 15.4. The summed E-state index contributed by atoms with van der Waals surface area (Å²) in [6.07, 6.45) is 0. The van der Waals surface area contributed by atoms with Crippen LogP contribution in [0.15, 0.2) is 12.1 Å². The maximum Gasteiger partial charge on any atom is 0.161 e. The van der Waals surface area contributed by atoms with Gasteiger partial charge in [0.05, 0.1) is 132 Å². The molecule has 0 radical (unpaired) electrons. The molecule has 12 heteroatoms. The minimum absolute atomic E-state index is 0.364. The Morgan fingerprint density at radius 3 is 0.775 bits per heavy atom. The van der Waals surface area contributed by atoms with Gasteiger partial charge in [0.25, 0.3) is 0 Å². The Balaban J connectivity index is 1.63. The van der Waals surface area contributed by atoms with Gasteiger partial charge in [-0.2, -0.15) is 0 Å². The lowest BCUT2D eigenvalue weighted by molar-refractivity contribution is -0.0202. The zero-order chi connectivity index (χ0) is 27.8. The fourth-order valence-corrected chi connectivity index (χ4v) is 3.68. The van der Waals surface area contributed by atoms with Gasteiger partial charge in [-0.05, 0) is 23.3 Å². The van der Waals surface area contributed by atoms with Crippen LogP contribution in [0.25, 0.3) is 0 Å². The zero-order valence-corrected chi connectivity index (χ0v) is 23.6. The Morgan fingerprint density at radius 1 is 0.275 bits per heavy atom. The van der Waals surface area contributed by atoms with Crippen molar-refractivity contribution in [2.75, 3.05) is 132 Å². The van der Waals surface area contributed by atoms with E-state index in [1.165, 1.54) is 0 Å². The van der Waals surface area contributed by atoms with Crippen molar-refractivity contribution in [3.8, 4) is 11.5 Å². The Morgan fingerprint density at radius 2 is 0.500 bits per heavy atom. The molecule has 0 saturated carbocycles. The molecule has 0 atom stereocenters. The fourth-order valence-electron chi connectivity index (χ4n) is 3.68. The second-order valence-electron chi connectivity index (χ2n) is 8.77. The normalized spacial score (nSPS) is 22.2. The molecule has 12 nitrogen and oxygen atoms in total. The first kappa shape index (κ1) is 32.9. The van der Waals surface area contributed by atoms with E-state index in [0.717, 1.165) is 11.1 Å². The first-order valence-corrected chi connectivity index (χ1v) is 14.1. The van der Waals surface area contributed by atoms with Crippen molar-refractivity contribution >= 4 is 0 Å². The van der Waals surface area contributed by atoms with Gasteiger partial charge < -0.3 is 56.8 Å². The Kier molecular flexibility index (Phi) is 19.0. The fraction of sp³-hybridized carbons (Fsp3) is 0.786. The van der Waals surface area contributed by atoms with E-state index in [9.17, 15) is 0 Å². The quantitative estimate of drug-likeness (QED) is 0.449. The van der Waals surface area contributed by atoms with Crippen LogP contribution in [-0.4, -0.2) is 132 Å². The van der Waals surface area contributed by atoms with E-state index in [2.05, 4.69) is 0 Å². The summed E-state index contributed by atoms with van der Waals surface area (Å²) < 4.78 is 68.4.